The normalized spacial score (nSPS) is 12.2. The summed E-state index contributed by atoms with van der Waals surface area (Å²) in [6.07, 6.45) is -0.0986. The number of rotatable bonds is 4. The third kappa shape index (κ3) is 2.96. The number of carbonyl (C=O) groups is 1. The fourth-order valence-electron chi connectivity index (χ4n) is 1.41. The number of halogens is 1. The molecule has 0 spiro atoms. The zero-order chi connectivity index (χ0) is 12.3. The molecule has 0 aliphatic carbocycles. The summed E-state index contributed by atoms with van der Waals surface area (Å²) in [5.41, 5.74) is 7.49. The summed E-state index contributed by atoms with van der Waals surface area (Å²) in [5, 5.41) is 8.67. The zero-order valence-electron chi connectivity index (χ0n) is 9.16. The van der Waals surface area contributed by atoms with Crippen LogP contribution in [0.15, 0.2) is 16.6 Å². The Morgan fingerprint density at radius 1 is 1.62 bits per heavy atom. The van der Waals surface area contributed by atoms with Crippen LogP contribution in [0, 0.1) is 6.92 Å². The van der Waals surface area contributed by atoms with Crippen LogP contribution in [0.5, 0.6) is 5.75 Å². The summed E-state index contributed by atoms with van der Waals surface area (Å²) in [5.74, 6) is -0.214. The van der Waals surface area contributed by atoms with E-state index in [2.05, 4.69) is 15.9 Å². The van der Waals surface area contributed by atoms with Crippen molar-refractivity contribution in [1.29, 1.82) is 0 Å². The lowest BCUT2D eigenvalue weighted by Gasteiger charge is -2.14. The van der Waals surface area contributed by atoms with Gasteiger partial charge in [0.1, 0.15) is 5.75 Å². The van der Waals surface area contributed by atoms with Gasteiger partial charge >= 0.3 is 5.97 Å². The number of ether oxygens (including phenoxy) is 1. The van der Waals surface area contributed by atoms with E-state index in [0.29, 0.717) is 5.75 Å². The standard InChI is InChI=1S/C11H14BrNO3/c1-6-8(12)3-7(4-10(6)16-2)9(13)5-11(14)15/h3-4,9H,5,13H2,1-2H3,(H,14,15). The molecule has 0 aliphatic heterocycles. The Hall–Kier alpha value is -1.07. The third-order valence-corrected chi connectivity index (χ3v) is 3.19. The molecule has 0 fully saturated rings. The Balaban J connectivity index is 3.05. The molecule has 1 aromatic carbocycles. The van der Waals surface area contributed by atoms with E-state index in [0.717, 1.165) is 15.6 Å². The van der Waals surface area contributed by atoms with E-state index in [1.807, 2.05) is 13.0 Å². The summed E-state index contributed by atoms with van der Waals surface area (Å²) >= 11 is 3.39. The van der Waals surface area contributed by atoms with Crippen molar-refractivity contribution in [2.75, 3.05) is 7.11 Å². The molecule has 16 heavy (non-hydrogen) atoms. The number of hydrogen-bond acceptors (Lipinski definition) is 3. The van der Waals surface area contributed by atoms with Gasteiger partial charge in [-0.3, -0.25) is 4.79 Å². The largest absolute Gasteiger partial charge is 0.496 e. The first-order valence-corrected chi connectivity index (χ1v) is 5.56. The molecule has 0 bridgehead atoms. The van der Waals surface area contributed by atoms with Gasteiger partial charge in [-0.15, -0.1) is 0 Å². The van der Waals surface area contributed by atoms with E-state index >= 15 is 0 Å². The Kier molecular flexibility index (Phi) is 4.32. The average molecular weight is 288 g/mol. The summed E-state index contributed by atoms with van der Waals surface area (Å²) < 4.78 is 6.05. The molecule has 1 unspecified atom stereocenters. The number of hydrogen-bond donors (Lipinski definition) is 2. The first-order valence-electron chi connectivity index (χ1n) is 4.77. The molecule has 5 heteroatoms. The van der Waals surface area contributed by atoms with Crippen molar-refractivity contribution >= 4 is 21.9 Å². The van der Waals surface area contributed by atoms with Crippen LogP contribution in [0.1, 0.15) is 23.6 Å². The zero-order valence-corrected chi connectivity index (χ0v) is 10.7. The lowest BCUT2D eigenvalue weighted by molar-refractivity contribution is -0.137. The monoisotopic (exact) mass is 287 g/mol. The summed E-state index contributed by atoms with van der Waals surface area (Å²) in [4.78, 5) is 10.6. The highest BCUT2D eigenvalue weighted by Crippen LogP contribution is 2.30. The molecule has 0 radical (unpaired) electrons. The Bertz CT molecular complexity index is 406. The number of nitrogens with two attached hydrogens (primary N) is 1. The molecule has 3 N–H and O–H groups in total. The van der Waals surface area contributed by atoms with Gasteiger partial charge in [0, 0.05) is 16.1 Å². The highest BCUT2D eigenvalue weighted by atomic mass is 79.9. The second-order valence-electron chi connectivity index (χ2n) is 3.53. The van der Waals surface area contributed by atoms with Crippen molar-refractivity contribution < 1.29 is 14.6 Å². The van der Waals surface area contributed by atoms with E-state index < -0.39 is 12.0 Å². The van der Waals surface area contributed by atoms with Crippen molar-refractivity contribution in [1.82, 2.24) is 0 Å². The van der Waals surface area contributed by atoms with Crippen LogP contribution in [0.4, 0.5) is 0 Å². The summed E-state index contributed by atoms with van der Waals surface area (Å²) in [6, 6.07) is 3.07. The molecule has 1 rings (SSSR count). The SMILES string of the molecule is COc1cc(C(N)CC(=O)O)cc(Br)c1C. The molecule has 0 saturated carbocycles. The van der Waals surface area contributed by atoms with Gasteiger partial charge in [0.05, 0.1) is 13.5 Å². The van der Waals surface area contributed by atoms with Crippen molar-refractivity contribution in [3.8, 4) is 5.75 Å². The smallest absolute Gasteiger partial charge is 0.305 e. The first kappa shape index (κ1) is 13.0. The molecular weight excluding hydrogens is 274 g/mol. The van der Waals surface area contributed by atoms with Crippen LogP contribution in [0.25, 0.3) is 0 Å². The van der Waals surface area contributed by atoms with Gasteiger partial charge in [-0.25, -0.2) is 0 Å². The van der Waals surface area contributed by atoms with Gasteiger partial charge in [-0.05, 0) is 24.6 Å². The quantitative estimate of drug-likeness (QED) is 0.891. The first-order chi connectivity index (χ1) is 7.45. The Morgan fingerprint density at radius 3 is 2.75 bits per heavy atom. The lowest BCUT2D eigenvalue weighted by atomic mass is 10.0. The molecule has 1 aromatic rings. The number of carboxylic acids is 1. The maximum atomic E-state index is 10.6. The maximum Gasteiger partial charge on any atom is 0.305 e. The molecule has 0 saturated heterocycles. The second kappa shape index (κ2) is 5.32. The van der Waals surface area contributed by atoms with Crippen molar-refractivity contribution in [2.24, 2.45) is 5.73 Å². The van der Waals surface area contributed by atoms with Crippen LogP contribution in [-0.2, 0) is 4.79 Å². The van der Waals surface area contributed by atoms with Crippen LogP contribution >= 0.6 is 15.9 Å². The third-order valence-electron chi connectivity index (χ3n) is 2.36. The van der Waals surface area contributed by atoms with Gasteiger partial charge in [-0.2, -0.15) is 0 Å². The van der Waals surface area contributed by atoms with Gasteiger partial charge in [0.2, 0.25) is 0 Å². The average Bonchev–Trinajstić information content (AvgIpc) is 2.20. The Morgan fingerprint density at radius 2 is 2.25 bits per heavy atom. The molecule has 0 amide bonds. The number of methoxy groups -OCH3 is 1. The Labute approximate surface area is 103 Å². The highest BCUT2D eigenvalue weighted by molar-refractivity contribution is 9.10. The summed E-state index contributed by atoms with van der Waals surface area (Å²) in [6.45, 7) is 1.91. The molecule has 1 atom stereocenters. The van der Waals surface area contributed by atoms with Crippen LogP contribution in [0.2, 0.25) is 0 Å². The van der Waals surface area contributed by atoms with Gasteiger partial charge in [0.25, 0.3) is 0 Å². The van der Waals surface area contributed by atoms with E-state index in [4.69, 9.17) is 15.6 Å². The van der Waals surface area contributed by atoms with Crippen molar-refractivity contribution in [3.05, 3.63) is 27.7 Å². The fraction of sp³-hybridized carbons (Fsp3) is 0.364. The van der Waals surface area contributed by atoms with Crippen LogP contribution in [-0.4, -0.2) is 18.2 Å². The molecule has 0 aliphatic rings. The molecule has 88 valence electrons. The minimum atomic E-state index is -0.914. The van der Waals surface area contributed by atoms with E-state index in [1.54, 1.807) is 13.2 Å². The van der Waals surface area contributed by atoms with Crippen molar-refractivity contribution in [3.63, 3.8) is 0 Å². The van der Waals surface area contributed by atoms with E-state index in [9.17, 15) is 4.79 Å². The second-order valence-corrected chi connectivity index (χ2v) is 4.39. The maximum absolute atomic E-state index is 10.6. The topological polar surface area (TPSA) is 72.5 Å². The molecule has 4 nitrogen and oxygen atoms in total. The summed E-state index contributed by atoms with van der Waals surface area (Å²) in [7, 11) is 1.57. The van der Waals surface area contributed by atoms with Crippen LogP contribution in [0.3, 0.4) is 0 Å². The van der Waals surface area contributed by atoms with Crippen molar-refractivity contribution in [2.45, 2.75) is 19.4 Å². The van der Waals surface area contributed by atoms with E-state index in [1.165, 1.54) is 0 Å². The predicted molar refractivity (Wildman–Crippen MR) is 64.6 cm³/mol. The molecule has 0 aromatic heterocycles. The predicted octanol–water partition coefficient (Wildman–Crippen LogP) is 2.24. The lowest BCUT2D eigenvalue weighted by Crippen LogP contribution is -2.15. The van der Waals surface area contributed by atoms with Gasteiger partial charge in [-0.1, -0.05) is 15.9 Å². The molecular formula is C11H14BrNO3. The van der Waals surface area contributed by atoms with Crippen LogP contribution < -0.4 is 10.5 Å². The number of aliphatic carboxylic acids is 1. The highest BCUT2D eigenvalue weighted by Gasteiger charge is 2.14. The fourth-order valence-corrected chi connectivity index (χ4v) is 1.87. The van der Waals surface area contributed by atoms with Gasteiger partial charge in [0.15, 0.2) is 0 Å². The molecule has 0 heterocycles. The van der Waals surface area contributed by atoms with E-state index in [-0.39, 0.29) is 6.42 Å². The van der Waals surface area contributed by atoms with Gasteiger partial charge < -0.3 is 15.6 Å². The minimum absolute atomic E-state index is 0.0986. The number of carboxylic acid groups (broad SMARTS) is 1. The minimum Gasteiger partial charge on any atom is -0.496 e. The number of benzene rings is 1.